The standard InChI is InChI=1S/C19H24N4O3S.C2H4O2/c1-26-17-6-8-18(9-7-17)27(24,25)23-12-10-22(11-13-23)14-15-2-4-16(5-3-15)19(20)21;1-2(3)4/h2-9H,10-14H2,1H3,(H3,20,21);1H3,(H,3,4). The number of carboxylic acids is 1. The highest BCUT2D eigenvalue weighted by Crippen LogP contribution is 2.21. The molecule has 0 aromatic heterocycles. The SMILES string of the molecule is CC(=O)O.COc1ccc(S(=O)(=O)N2CCN(Cc3ccc(C(=N)N)cc3)CC2)cc1. The van der Waals surface area contributed by atoms with Crippen molar-refractivity contribution in [2.24, 2.45) is 5.73 Å². The number of hydrogen-bond donors (Lipinski definition) is 3. The Morgan fingerprint density at radius 3 is 2.03 bits per heavy atom. The Morgan fingerprint density at radius 1 is 1.06 bits per heavy atom. The molecule has 0 atom stereocenters. The van der Waals surface area contributed by atoms with Gasteiger partial charge in [-0.1, -0.05) is 24.3 Å². The fourth-order valence-corrected chi connectivity index (χ4v) is 4.49. The highest BCUT2D eigenvalue weighted by molar-refractivity contribution is 7.89. The van der Waals surface area contributed by atoms with Gasteiger partial charge in [0.15, 0.2) is 0 Å². The summed E-state index contributed by atoms with van der Waals surface area (Å²) in [6.45, 7) is 4.09. The molecular weight excluding hydrogens is 420 g/mol. The topological polar surface area (TPSA) is 137 Å². The zero-order valence-corrected chi connectivity index (χ0v) is 18.4. The molecule has 1 saturated heterocycles. The van der Waals surface area contributed by atoms with Crippen molar-refractivity contribution in [3.63, 3.8) is 0 Å². The van der Waals surface area contributed by atoms with Gasteiger partial charge in [0.2, 0.25) is 10.0 Å². The second kappa shape index (κ2) is 10.9. The van der Waals surface area contributed by atoms with E-state index in [1.807, 2.05) is 24.3 Å². The summed E-state index contributed by atoms with van der Waals surface area (Å²) in [6, 6.07) is 14.1. The molecule has 4 N–H and O–H groups in total. The summed E-state index contributed by atoms with van der Waals surface area (Å²) in [5.74, 6) is -0.145. The Kier molecular flexibility index (Phi) is 8.55. The van der Waals surface area contributed by atoms with Crippen molar-refractivity contribution < 1.29 is 23.1 Å². The van der Waals surface area contributed by atoms with Crippen LogP contribution in [0.5, 0.6) is 5.75 Å². The second-order valence-corrected chi connectivity index (χ2v) is 8.92. The van der Waals surface area contributed by atoms with Crippen LogP contribution in [0.15, 0.2) is 53.4 Å². The van der Waals surface area contributed by atoms with Gasteiger partial charge in [-0.15, -0.1) is 0 Å². The summed E-state index contributed by atoms with van der Waals surface area (Å²) in [5.41, 5.74) is 7.29. The number of carbonyl (C=O) groups is 1. The maximum Gasteiger partial charge on any atom is 0.300 e. The van der Waals surface area contributed by atoms with Crippen LogP contribution >= 0.6 is 0 Å². The third-order valence-corrected chi connectivity index (χ3v) is 6.61. The first-order chi connectivity index (χ1) is 14.6. The lowest BCUT2D eigenvalue weighted by Gasteiger charge is -2.34. The van der Waals surface area contributed by atoms with Gasteiger partial charge in [0.1, 0.15) is 11.6 Å². The first kappa shape index (κ1) is 24.3. The molecule has 1 heterocycles. The van der Waals surface area contributed by atoms with E-state index in [1.165, 1.54) is 4.31 Å². The lowest BCUT2D eigenvalue weighted by Crippen LogP contribution is -2.48. The molecule has 0 amide bonds. The minimum Gasteiger partial charge on any atom is -0.497 e. The van der Waals surface area contributed by atoms with E-state index in [0.717, 1.165) is 19.0 Å². The number of carboxylic acid groups (broad SMARTS) is 1. The van der Waals surface area contributed by atoms with E-state index < -0.39 is 16.0 Å². The van der Waals surface area contributed by atoms with E-state index in [9.17, 15) is 8.42 Å². The molecule has 0 radical (unpaired) electrons. The van der Waals surface area contributed by atoms with Gasteiger partial charge in [-0.2, -0.15) is 4.31 Å². The zero-order valence-electron chi connectivity index (χ0n) is 17.6. The van der Waals surface area contributed by atoms with Gasteiger partial charge in [0.05, 0.1) is 12.0 Å². The highest BCUT2D eigenvalue weighted by Gasteiger charge is 2.28. The van der Waals surface area contributed by atoms with E-state index in [-0.39, 0.29) is 10.7 Å². The number of nitrogens with zero attached hydrogens (tertiary/aromatic N) is 2. The molecule has 2 aromatic carbocycles. The normalized spacial score (nSPS) is 14.9. The number of nitrogens with two attached hydrogens (primary N) is 1. The monoisotopic (exact) mass is 448 g/mol. The zero-order chi connectivity index (χ0) is 23.0. The third-order valence-electron chi connectivity index (χ3n) is 4.70. The van der Waals surface area contributed by atoms with Crippen LogP contribution in [0.1, 0.15) is 18.1 Å². The van der Waals surface area contributed by atoms with E-state index in [0.29, 0.717) is 37.5 Å². The molecule has 2 aromatic rings. The average Bonchev–Trinajstić information content (AvgIpc) is 2.74. The molecule has 9 nitrogen and oxygen atoms in total. The van der Waals surface area contributed by atoms with Gasteiger partial charge in [0.25, 0.3) is 5.97 Å². The van der Waals surface area contributed by atoms with Gasteiger partial charge in [-0.05, 0) is 29.8 Å². The van der Waals surface area contributed by atoms with E-state index in [4.69, 9.17) is 25.8 Å². The van der Waals surface area contributed by atoms with Gasteiger partial charge in [-0.3, -0.25) is 15.1 Å². The summed E-state index contributed by atoms with van der Waals surface area (Å²) in [5, 5.41) is 14.8. The van der Waals surface area contributed by atoms with Crippen LogP contribution in [-0.2, 0) is 21.4 Å². The van der Waals surface area contributed by atoms with Crippen LogP contribution in [-0.4, -0.2) is 67.8 Å². The van der Waals surface area contributed by atoms with Gasteiger partial charge < -0.3 is 15.6 Å². The Labute approximate surface area is 182 Å². The fourth-order valence-electron chi connectivity index (χ4n) is 3.07. The lowest BCUT2D eigenvalue weighted by molar-refractivity contribution is -0.134. The van der Waals surface area contributed by atoms with Crippen molar-refractivity contribution in [1.82, 2.24) is 9.21 Å². The van der Waals surface area contributed by atoms with E-state index in [2.05, 4.69) is 4.90 Å². The van der Waals surface area contributed by atoms with E-state index in [1.54, 1.807) is 31.4 Å². The number of piperazine rings is 1. The van der Waals surface area contributed by atoms with Crippen LogP contribution in [0.2, 0.25) is 0 Å². The van der Waals surface area contributed by atoms with Crippen molar-refractivity contribution in [3.05, 3.63) is 59.7 Å². The predicted molar refractivity (Wildman–Crippen MR) is 118 cm³/mol. The molecule has 3 rings (SSSR count). The van der Waals surface area contributed by atoms with Crippen molar-refractivity contribution in [1.29, 1.82) is 5.41 Å². The van der Waals surface area contributed by atoms with Crippen LogP contribution in [0.25, 0.3) is 0 Å². The number of amidine groups is 1. The molecule has 1 aliphatic heterocycles. The fraction of sp³-hybridized carbons (Fsp3) is 0.333. The second-order valence-electron chi connectivity index (χ2n) is 6.99. The van der Waals surface area contributed by atoms with Gasteiger partial charge in [0, 0.05) is 45.2 Å². The van der Waals surface area contributed by atoms with Crippen molar-refractivity contribution >= 4 is 21.8 Å². The summed E-state index contributed by atoms with van der Waals surface area (Å²) in [6.07, 6.45) is 0. The molecule has 31 heavy (non-hydrogen) atoms. The molecule has 0 unspecified atom stereocenters. The molecule has 1 aliphatic rings. The molecule has 10 heteroatoms. The number of methoxy groups -OCH3 is 1. The maximum atomic E-state index is 12.8. The minimum absolute atomic E-state index is 0.0545. The van der Waals surface area contributed by atoms with Crippen molar-refractivity contribution in [3.8, 4) is 5.75 Å². The Bertz CT molecular complexity index is 979. The van der Waals surface area contributed by atoms with Gasteiger partial charge in [-0.25, -0.2) is 8.42 Å². The average molecular weight is 449 g/mol. The number of benzene rings is 2. The minimum atomic E-state index is -3.48. The van der Waals surface area contributed by atoms with Gasteiger partial charge >= 0.3 is 0 Å². The molecule has 168 valence electrons. The predicted octanol–water partition coefficient (Wildman–Crippen LogP) is 1.58. The lowest BCUT2D eigenvalue weighted by atomic mass is 10.1. The molecule has 0 aliphatic carbocycles. The number of hydrogen-bond acceptors (Lipinski definition) is 6. The summed E-state index contributed by atoms with van der Waals surface area (Å²) in [7, 11) is -1.93. The number of nitrogens with one attached hydrogen (secondary N) is 1. The molecule has 0 bridgehead atoms. The third kappa shape index (κ3) is 7.06. The number of sulfonamides is 1. The molecule has 0 saturated carbocycles. The van der Waals surface area contributed by atoms with Crippen LogP contribution in [0.3, 0.4) is 0 Å². The van der Waals surface area contributed by atoms with Crippen LogP contribution in [0.4, 0.5) is 0 Å². The van der Waals surface area contributed by atoms with Crippen molar-refractivity contribution in [2.75, 3.05) is 33.3 Å². The Hall–Kier alpha value is -2.95. The number of rotatable bonds is 6. The number of ether oxygens (including phenoxy) is 1. The Balaban J connectivity index is 0.000000785. The first-order valence-electron chi connectivity index (χ1n) is 9.63. The summed E-state index contributed by atoms with van der Waals surface area (Å²) < 4.78 is 32.2. The summed E-state index contributed by atoms with van der Waals surface area (Å²) in [4.78, 5) is 11.5. The highest BCUT2D eigenvalue weighted by atomic mass is 32.2. The summed E-state index contributed by atoms with van der Waals surface area (Å²) >= 11 is 0. The maximum absolute atomic E-state index is 12.8. The molecule has 1 fully saturated rings. The van der Waals surface area contributed by atoms with Crippen LogP contribution < -0.4 is 10.5 Å². The first-order valence-corrected chi connectivity index (χ1v) is 11.1. The molecule has 0 spiro atoms. The van der Waals surface area contributed by atoms with Crippen molar-refractivity contribution in [2.45, 2.75) is 18.4 Å². The molecular formula is C21H28N4O5S. The quantitative estimate of drug-likeness (QED) is 0.451. The number of aliphatic carboxylic acids is 1. The Morgan fingerprint density at radius 2 is 1.58 bits per heavy atom. The largest absolute Gasteiger partial charge is 0.497 e. The van der Waals surface area contributed by atoms with Crippen LogP contribution in [0, 0.1) is 5.41 Å². The number of nitrogen functional groups attached to an aromatic ring is 1. The van der Waals surface area contributed by atoms with E-state index >= 15 is 0 Å². The smallest absolute Gasteiger partial charge is 0.300 e.